The van der Waals surface area contributed by atoms with Gasteiger partial charge in [0.1, 0.15) is 23.2 Å². The molecule has 4 heteroatoms. The van der Waals surface area contributed by atoms with Crippen LogP contribution in [0.25, 0.3) is 0 Å². The minimum Gasteiger partial charge on any atom is -0.508 e. The molecule has 0 saturated carbocycles. The molecular formula is C11H12O4. The normalized spacial score (nSPS) is 19.3. The molecule has 0 aliphatic carbocycles. The second-order valence-electron chi connectivity index (χ2n) is 3.56. The van der Waals surface area contributed by atoms with Crippen molar-refractivity contribution in [1.82, 2.24) is 0 Å². The molecule has 1 N–H and O–H groups in total. The third-order valence-corrected chi connectivity index (χ3v) is 2.47. The minimum absolute atomic E-state index is 0.120. The summed E-state index contributed by atoms with van der Waals surface area (Å²) in [6.07, 6.45) is 0.312. The molecule has 4 nitrogen and oxygen atoms in total. The lowest BCUT2D eigenvalue weighted by atomic mass is 9.97. The maximum Gasteiger partial charge on any atom is 0.342 e. The van der Waals surface area contributed by atoms with Gasteiger partial charge in [0.15, 0.2) is 0 Å². The molecule has 1 heterocycles. The van der Waals surface area contributed by atoms with Crippen LogP contribution >= 0.6 is 0 Å². The lowest BCUT2D eigenvalue weighted by molar-refractivity contribution is 0.0293. The number of phenols is 1. The largest absolute Gasteiger partial charge is 0.508 e. The predicted octanol–water partition coefficient (Wildman–Crippen LogP) is 1.50. The van der Waals surface area contributed by atoms with Gasteiger partial charge in [-0.3, -0.25) is 0 Å². The first-order valence-electron chi connectivity index (χ1n) is 4.73. The fourth-order valence-corrected chi connectivity index (χ4v) is 1.79. The van der Waals surface area contributed by atoms with Crippen molar-refractivity contribution in [3.05, 3.63) is 23.3 Å². The van der Waals surface area contributed by atoms with E-state index < -0.39 is 5.97 Å². The minimum atomic E-state index is -0.434. The first kappa shape index (κ1) is 9.83. The molecule has 15 heavy (non-hydrogen) atoms. The van der Waals surface area contributed by atoms with Gasteiger partial charge < -0.3 is 14.6 Å². The van der Waals surface area contributed by atoms with Gasteiger partial charge in [0, 0.05) is 12.0 Å². The van der Waals surface area contributed by atoms with E-state index in [4.69, 9.17) is 9.47 Å². The summed E-state index contributed by atoms with van der Waals surface area (Å²) in [5.74, 6) is 0.130. The molecule has 0 amide bonds. The van der Waals surface area contributed by atoms with Crippen LogP contribution < -0.4 is 4.74 Å². The maximum absolute atomic E-state index is 11.6. The highest BCUT2D eigenvalue weighted by atomic mass is 16.5. The Morgan fingerprint density at radius 2 is 2.27 bits per heavy atom. The molecule has 0 radical (unpaired) electrons. The Hall–Kier alpha value is -1.71. The van der Waals surface area contributed by atoms with Crippen molar-refractivity contribution in [3.63, 3.8) is 0 Å². The fraction of sp³-hybridized carbons (Fsp3) is 0.364. The van der Waals surface area contributed by atoms with Gasteiger partial charge in [-0.2, -0.15) is 0 Å². The highest BCUT2D eigenvalue weighted by Gasteiger charge is 2.29. The van der Waals surface area contributed by atoms with Crippen LogP contribution in [0.3, 0.4) is 0 Å². The molecule has 1 aliphatic rings. The number of hydrogen-bond acceptors (Lipinski definition) is 4. The number of benzene rings is 1. The van der Waals surface area contributed by atoms with Crippen molar-refractivity contribution >= 4 is 5.97 Å². The van der Waals surface area contributed by atoms with Gasteiger partial charge in [0.05, 0.1) is 7.11 Å². The van der Waals surface area contributed by atoms with Gasteiger partial charge in [-0.15, -0.1) is 0 Å². The van der Waals surface area contributed by atoms with E-state index in [1.807, 2.05) is 0 Å². The summed E-state index contributed by atoms with van der Waals surface area (Å²) >= 11 is 0. The van der Waals surface area contributed by atoms with Crippen LogP contribution in [0, 0.1) is 0 Å². The number of fused-ring (bicyclic) bond motifs is 1. The van der Waals surface area contributed by atoms with E-state index in [1.54, 1.807) is 13.0 Å². The van der Waals surface area contributed by atoms with Gasteiger partial charge >= 0.3 is 5.97 Å². The molecule has 1 aromatic carbocycles. The van der Waals surface area contributed by atoms with Crippen LogP contribution in [0.5, 0.6) is 11.5 Å². The molecule has 0 aromatic heterocycles. The van der Waals surface area contributed by atoms with Crippen molar-refractivity contribution in [2.75, 3.05) is 7.11 Å². The first-order valence-corrected chi connectivity index (χ1v) is 4.73. The molecule has 1 aromatic rings. The van der Waals surface area contributed by atoms with Crippen molar-refractivity contribution in [2.45, 2.75) is 19.4 Å². The number of hydrogen-bond donors (Lipinski definition) is 1. The molecule has 1 aliphatic heterocycles. The monoisotopic (exact) mass is 208 g/mol. The number of carbonyl (C=O) groups is 1. The van der Waals surface area contributed by atoms with E-state index in [9.17, 15) is 9.90 Å². The first-order chi connectivity index (χ1) is 7.13. The van der Waals surface area contributed by atoms with Gasteiger partial charge in [-0.05, 0) is 19.1 Å². The van der Waals surface area contributed by atoms with E-state index >= 15 is 0 Å². The second kappa shape index (κ2) is 3.46. The van der Waals surface area contributed by atoms with Crippen molar-refractivity contribution in [3.8, 4) is 11.5 Å². The van der Waals surface area contributed by atoms with Crippen LogP contribution in [0.1, 0.15) is 22.8 Å². The van der Waals surface area contributed by atoms with Crippen LogP contribution in [-0.2, 0) is 11.2 Å². The summed E-state index contributed by atoms with van der Waals surface area (Å²) in [5, 5.41) is 9.65. The van der Waals surface area contributed by atoms with Crippen molar-refractivity contribution < 1.29 is 19.4 Å². The summed E-state index contributed by atoms with van der Waals surface area (Å²) in [6.45, 7) is 1.79. The highest BCUT2D eigenvalue weighted by molar-refractivity contribution is 5.96. The highest BCUT2D eigenvalue weighted by Crippen LogP contribution is 2.34. The number of cyclic esters (lactones) is 1. The molecule has 0 fully saturated rings. The number of carbonyl (C=O) groups excluding carboxylic acids is 1. The average molecular weight is 208 g/mol. The van der Waals surface area contributed by atoms with Crippen LogP contribution in [0.4, 0.5) is 0 Å². The Bertz CT molecular complexity index is 411. The van der Waals surface area contributed by atoms with Gasteiger partial charge in [0.2, 0.25) is 0 Å². The van der Waals surface area contributed by atoms with E-state index in [2.05, 4.69) is 0 Å². The summed E-state index contributed by atoms with van der Waals surface area (Å²) in [7, 11) is 1.48. The van der Waals surface area contributed by atoms with Crippen LogP contribution in [0.15, 0.2) is 12.1 Å². The Labute approximate surface area is 87.4 Å². The molecule has 2 rings (SSSR count). The zero-order valence-corrected chi connectivity index (χ0v) is 8.61. The third-order valence-electron chi connectivity index (χ3n) is 2.47. The Morgan fingerprint density at radius 1 is 1.53 bits per heavy atom. The summed E-state index contributed by atoms with van der Waals surface area (Å²) in [4.78, 5) is 11.6. The Balaban J connectivity index is 2.61. The number of rotatable bonds is 1. The lowest BCUT2D eigenvalue weighted by Gasteiger charge is -2.23. The van der Waals surface area contributed by atoms with E-state index in [1.165, 1.54) is 13.2 Å². The quantitative estimate of drug-likeness (QED) is 0.710. The van der Waals surface area contributed by atoms with E-state index in [0.29, 0.717) is 23.3 Å². The Morgan fingerprint density at radius 3 is 2.93 bits per heavy atom. The lowest BCUT2D eigenvalue weighted by Crippen LogP contribution is -2.25. The molecule has 1 atom stereocenters. The number of methoxy groups -OCH3 is 1. The SMILES string of the molecule is COc1ccc(O)c2c1C(=O)OC(C)C2. The summed E-state index contributed by atoms with van der Waals surface area (Å²) in [6, 6.07) is 3.09. The average Bonchev–Trinajstić information content (AvgIpc) is 2.19. The van der Waals surface area contributed by atoms with Crippen LogP contribution in [-0.4, -0.2) is 24.3 Å². The maximum atomic E-state index is 11.6. The summed E-state index contributed by atoms with van der Waals surface area (Å²) < 4.78 is 10.1. The van der Waals surface area contributed by atoms with Gasteiger partial charge in [-0.1, -0.05) is 0 Å². The fourth-order valence-electron chi connectivity index (χ4n) is 1.79. The van der Waals surface area contributed by atoms with Crippen molar-refractivity contribution in [1.29, 1.82) is 0 Å². The standard InChI is InChI=1S/C11H12O4/c1-6-5-7-8(12)3-4-9(14-2)10(7)11(13)15-6/h3-4,6,12H,5H2,1-2H3. The Kier molecular flexibility index (Phi) is 2.26. The smallest absolute Gasteiger partial charge is 0.342 e. The number of aromatic hydroxyl groups is 1. The van der Waals surface area contributed by atoms with Crippen molar-refractivity contribution in [2.24, 2.45) is 0 Å². The predicted molar refractivity (Wildman–Crippen MR) is 53.2 cm³/mol. The molecule has 0 bridgehead atoms. The molecule has 80 valence electrons. The van der Waals surface area contributed by atoms with E-state index in [-0.39, 0.29) is 11.9 Å². The van der Waals surface area contributed by atoms with Gasteiger partial charge in [0.25, 0.3) is 0 Å². The zero-order valence-electron chi connectivity index (χ0n) is 8.61. The summed E-state index contributed by atoms with van der Waals surface area (Å²) in [5.41, 5.74) is 0.953. The molecular weight excluding hydrogens is 196 g/mol. The van der Waals surface area contributed by atoms with Gasteiger partial charge in [-0.25, -0.2) is 4.79 Å². The van der Waals surface area contributed by atoms with E-state index in [0.717, 1.165) is 0 Å². The molecule has 1 unspecified atom stereocenters. The number of esters is 1. The molecule has 0 spiro atoms. The number of phenolic OH excluding ortho intramolecular Hbond substituents is 1. The third kappa shape index (κ3) is 1.52. The molecule has 0 saturated heterocycles. The second-order valence-corrected chi connectivity index (χ2v) is 3.56. The van der Waals surface area contributed by atoms with Crippen LogP contribution in [0.2, 0.25) is 0 Å². The number of ether oxygens (including phenoxy) is 2. The zero-order chi connectivity index (χ0) is 11.0. The topological polar surface area (TPSA) is 55.8 Å².